The molecule has 1 aliphatic heterocycles. The number of nitrogens with two attached hydrogens (primary N) is 1. The molecule has 2 rings (SSSR count). The molecule has 0 aromatic heterocycles. The average molecular weight is 274 g/mol. The van der Waals surface area contributed by atoms with Crippen LogP contribution >= 0.6 is 0 Å². The van der Waals surface area contributed by atoms with E-state index in [2.05, 4.69) is 13.0 Å². The number of anilines is 1. The highest BCUT2D eigenvalue weighted by molar-refractivity contribution is 6.11. The van der Waals surface area contributed by atoms with E-state index in [0.717, 1.165) is 17.7 Å². The Morgan fingerprint density at radius 3 is 2.50 bits per heavy atom. The van der Waals surface area contributed by atoms with E-state index < -0.39 is 17.4 Å². The lowest BCUT2D eigenvalue weighted by Gasteiger charge is -2.26. The van der Waals surface area contributed by atoms with Crippen LogP contribution in [0.15, 0.2) is 18.2 Å². The molecule has 1 atom stereocenters. The Kier molecular flexibility index (Phi) is 3.59. The van der Waals surface area contributed by atoms with Crippen molar-refractivity contribution in [3.63, 3.8) is 0 Å². The lowest BCUT2D eigenvalue weighted by Crippen LogP contribution is -2.49. The van der Waals surface area contributed by atoms with E-state index in [1.54, 1.807) is 4.90 Å². The smallest absolute Gasteiger partial charge is 0.240 e. The number of hydrogen-bond donors (Lipinski definition) is 1. The number of nitrogens with zero attached hydrogens (tertiary/aromatic N) is 1. The van der Waals surface area contributed by atoms with Gasteiger partial charge in [0.2, 0.25) is 11.8 Å². The first-order chi connectivity index (χ1) is 9.34. The van der Waals surface area contributed by atoms with Crippen molar-refractivity contribution in [1.29, 1.82) is 0 Å². The summed E-state index contributed by atoms with van der Waals surface area (Å²) in [5.74, 6) is -0.504. The molecule has 0 saturated heterocycles. The maximum absolute atomic E-state index is 12.7. The molecule has 108 valence electrons. The summed E-state index contributed by atoms with van der Waals surface area (Å²) in [6.07, 6.45) is 1.44. The summed E-state index contributed by atoms with van der Waals surface area (Å²) in [5.41, 5.74) is 7.85. The lowest BCUT2D eigenvalue weighted by molar-refractivity contribution is -0.126. The third-order valence-electron chi connectivity index (χ3n) is 4.18. The van der Waals surface area contributed by atoms with Crippen molar-refractivity contribution < 1.29 is 9.59 Å². The first-order valence-electron chi connectivity index (χ1n) is 7.11. The Bertz CT molecular complexity index is 564. The van der Waals surface area contributed by atoms with E-state index in [-0.39, 0.29) is 5.91 Å². The molecule has 20 heavy (non-hydrogen) atoms. The summed E-state index contributed by atoms with van der Waals surface area (Å²) in [4.78, 5) is 25.9. The number of primary amides is 1. The highest BCUT2D eigenvalue weighted by atomic mass is 16.2. The molecule has 0 spiro atoms. The van der Waals surface area contributed by atoms with Gasteiger partial charge in [0.1, 0.15) is 6.04 Å². The zero-order valence-electron chi connectivity index (χ0n) is 12.6. The van der Waals surface area contributed by atoms with Gasteiger partial charge in [-0.3, -0.25) is 14.5 Å². The van der Waals surface area contributed by atoms with Gasteiger partial charge in [-0.2, -0.15) is 0 Å². The second-order valence-corrected chi connectivity index (χ2v) is 5.83. The second kappa shape index (κ2) is 4.93. The van der Waals surface area contributed by atoms with Crippen molar-refractivity contribution in [3.05, 3.63) is 29.3 Å². The molecule has 4 heteroatoms. The monoisotopic (exact) mass is 274 g/mol. The maximum atomic E-state index is 12.7. The molecule has 1 unspecified atom stereocenters. The summed E-state index contributed by atoms with van der Waals surface area (Å²) in [6, 6.07) is 5.44. The average Bonchev–Trinajstić information content (AvgIpc) is 2.60. The SMILES string of the molecule is CCc1ccc2c(c1)C(C)(C)C(=O)N2C(CC)C(N)=O. The van der Waals surface area contributed by atoms with E-state index in [1.165, 1.54) is 5.56 Å². The molecule has 0 radical (unpaired) electrons. The van der Waals surface area contributed by atoms with Gasteiger partial charge in [0.25, 0.3) is 0 Å². The molecule has 1 aromatic carbocycles. The van der Waals surface area contributed by atoms with Crippen molar-refractivity contribution in [2.45, 2.75) is 52.0 Å². The van der Waals surface area contributed by atoms with Crippen molar-refractivity contribution in [3.8, 4) is 0 Å². The van der Waals surface area contributed by atoms with Crippen molar-refractivity contribution >= 4 is 17.5 Å². The van der Waals surface area contributed by atoms with Crippen molar-refractivity contribution in [2.24, 2.45) is 5.73 Å². The second-order valence-electron chi connectivity index (χ2n) is 5.83. The topological polar surface area (TPSA) is 63.4 Å². The Morgan fingerprint density at radius 1 is 1.35 bits per heavy atom. The largest absolute Gasteiger partial charge is 0.368 e. The Balaban J connectivity index is 2.59. The number of hydrogen-bond acceptors (Lipinski definition) is 2. The van der Waals surface area contributed by atoms with Gasteiger partial charge in [0, 0.05) is 5.69 Å². The fraction of sp³-hybridized carbons (Fsp3) is 0.500. The standard InChI is InChI=1S/C16H22N2O2/c1-5-10-7-8-13-11(9-10)16(3,4)15(20)18(13)12(6-2)14(17)19/h7-9,12H,5-6H2,1-4H3,(H2,17,19). The van der Waals surface area contributed by atoms with Gasteiger partial charge in [-0.25, -0.2) is 0 Å². The molecule has 1 heterocycles. The molecule has 2 amide bonds. The van der Waals surface area contributed by atoms with Gasteiger partial charge < -0.3 is 5.73 Å². The minimum Gasteiger partial charge on any atom is -0.368 e. The number of fused-ring (bicyclic) bond motifs is 1. The summed E-state index contributed by atoms with van der Waals surface area (Å²) >= 11 is 0. The first kappa shape index (κ1) is 14.6. The molecule has 4 nitrogen and oxygen atoms in total. The third kappa shape index (κ3) is 1.99. The van der Waals surface area contributed by atoms with E-state index in [1.807, 2.05) is 32.9 Å². The van der Waals surface area contributed by atoms with Crippen LogP contribution in [-0.2, 0) is 21.4 Å². The fourth-order valence-corrected chi connectivity index (χ4v) is 2.86. The van der Waals surface area contributed by atoms with Crippen LogP contribution < -0.4 is 10.6 Å². The number of rotatable bonds is 4. The lowest BCUT2D eigenvalue weighted by atomic mass is 9.85. The van der Waals surface area contributed by atoms with Gasteiger partial charge in [-0.05, 0) is 43.9 Å². The maximum Gasteiger partial charge on any atom is 0.240 e. The van der Waals surface area contributed by atoms with Gasteiger partial charge in [0.05, 0.1) is 5.41 Å². The number of amides is 2. The summed E-state index contributed by atoms with van der Waals surface area (Å²) in [6.45, 7) is 7.76. The normalized spacial score (nSPS) is 18.0. The number of carbonyl (C=O) groups excluding carboxylic acids is 2. The van der Waals surface area contributed by atoms with E-state index >= 15 is 0 Å². The number of benzene rings is 1. The van der Waals surface area contributed by atoms with Gasteiger partial charge in [-0.1, -0.05) is 26.0 Å². The van der Waals surface area contributed by atoms with E-state index in [9.17, 15) is 9.59 Å². The van der Waals surface area contributed by atoms with E-state index in [4.69, 9.17) is 5.73 Å². The Labute approximate surface area is 119 Å². The summed E-state index contributed by atoms with van der Waals surface area (Å²) < 4.78 is 0. The quantitative estimate of drug-likeness (QED) is 0.914. The summed E-state index contributed by atoms with van der Waals surface area (Å²) in [5, 5.41) is 0. The van der Waals surface area contributed by atoms with Crippen LogP contribution in [0, 0.1) is 0 Å². The van der Waals surface area contributed by atoms with Crippen LogP contribution in [0.3, 0.4) is 0 Å². The highest BCUT2D eigenvalue weighted by Gasteiger charge is 2.47. The van der Waals surface area contributed by atoms with Crippen LogP contribution in [-0.4, -0.2) is 17.9 Å². The van der Waals surface area contributed by atoms with E-state index in [0.29, 0.717) is 6.42 Å². The van der Waals surface area contributed by atoms with Gasteiger partial charge in [0.15, 0.2) is 0 Å². The number of aryl methyl sites for hydroxylation is 1. The van der Waals surface area contributed by atoms with Crippen LogP contribution in [0.1, 0.15) is 45.2 Å². The van der Waals surface area contributed by atoms with Crippen molar-refractivity contribution in [1.82, 2.24) is 0 Å². The molecular formula is C16H22N2O2. The minimum atomic E-state index is -0.608. The predicted octanol–water partition coefficient (Wildman–Crippen LogP) is 2.14. The fourth-order valence-electron chi connectivity index (χ4n) is 2.86. The Morgan fingerprint density at radius 2 is 2.00 bits per heavy atom. The van der Waals surface area contributed by atoms with Crippen LogP contribution in [0.4, 0.5) is 5.69 Å². The van der Waals surface area contributed by atoms with Gasteiger partial charge >= 0.3 is 0 Å². The molecule has 0 saturated carbocycles. The molecule has 0 aliphatic carbocycles. The zero-order valence-corrected chi connectivity index (χ0v) is 12.6. The third-order valence-corrected chi connectivity index (χ3v) is 4.18. The molecule has 1 aliphatic rings. The first-order valence-corrected chi connectivity index (χ1v) is 7.11. The van der Waals surface area contributed by atoms with Crippen molar-refractivity contribution in [2.75, 3.05) is 4.90 Å². The minimum absolute atomic E-state index is 0.0496. The molecular weight excluding hydrogens is 252 g/mol. The predicted molar refractivity (Wildman–Crippen MR) is 79.6 cm³/mol. The molecule has 0 bridgehead atoms. The van der Waals surface area contributed by atoms with Crippen LogP contribution in [0.5, 0.6) is 0 Å². The highest BCUT2D eigenvalue weighted by Crippen LogP contribution is 2.43. The zero-order chi connectivity index (χ0) is 15.1. The van der Waals surface area contributed by atoms with Gasteiger partial charge in [-0.15, -0.1) is 0 Å². The number of carbonyl (C=O) groups is 2. The molecule has 0 fully saturated rings. The Hall–Kier alpha value is -1.84. The van der Waals surface area contributed by atoms with Crippen LogP contribution in [0.2, 0.25) is 0 Å². The summed E-state index contributed by atoms with van der Waals surface area (Å²) in [7, 11) is 0. The van der Waals surface area contributed by atoms with Crippen LogP contribution in [0.25, 0.3) is 0 Å². The molecule has 2 N–H and O–H groups in total. The molecule has 1 aromatic rings.